The number of fused-ring (bicyclic) bond motifs is 2. The quantitative estimate of drug-likeness (QED) is 0.830. The van der Waals surface area contributed by atoms with Crippen LogP contribution in [0.3, 0.4) is 0 Å². The summed E-state index contributed by atoms with van der Waals surface area (Å²) in [4.78, 5) is 38.0. The maximum atomic E-state index is 12.8. The predicted molar refractivity (Wildman–Crippen MR) is 106 cm³/mol. The molecule has 0 bridgehead atoms. The number of carbonyl (C=O) groups excluding carboxylic acids is 3. The molecule has 1 aliphatic heterocycles. The summed E-state index contributed by atoms with van der Waals surface area (Å²) in [5.74, 6) is 0.0536. The van der Waals surface area contributed by atoms with Gasteiger partial charge in [-0.25, -0.2) is 0 Å². The van der Waals surface area contributed by atoms with Crippen LogP contribution in [0.15, 0.2) is 42.5 Å². The van der Waals surface area contributed by atoms with Crippen molar-refractivity contribution in [3.63, 3.8) is 0 Å². The molecule has 28 heavy (non-hydrogen) atoms. The van der Waals surface area contributed by atoms with Crippen molar-refractivity contribution in [3.8, 4) is 5.75 Å². The number of hydrogen-bond donors (Lipinski definition) is 1. The topological polar surface area (TPSA) is 75.7 Å². The number of aldehydes is 1. The van der Waals surface area contributed by atoms with Crippen LogP contribution in [0.5, 0.6) is 5.75 Å². The number of carbonyl (C=O) groups is 3. The fourth-order valence-corrected chi connectivity index (χ4v) is 3.85. The Balaban J connectivity index is 1.51. The first-order chi connectivity index (χ1) is 13.4. The van der Waals surface area contributed by atoms with Crippen molar-refractivity contribution in [3.05, 3.63) is 53.6 Å². The second kappa shape index (κ2) is 6.78. The number of para-hydroxylation sites is 2. The molecule has 0 aromatic heterocycles. The molecular formula is C22H22N2O4. The van der Waals surface area contributed by atoms with Gasteiger partial charge in [0.05, 0.1) is 5.69 Å². The van der Waals surface area contributed by atoms with E-state index in [9.17, 15) is 14.4 Å². The summed E-state index contributed by atoms with van der Waals surface area (Å²) in [6, 6.07) is 12.9. The SMILES string of the molecule is CC1(C)Oc2ccccc2N(CC(=O)Nc2ccc3c(c2)CC(C=O)C3)C1=O. The van der Waals surface area contributed by atoms with Crippen molar-refractivity contribution in [2.45, 2.75) is 32.3 Å². The lowest BCUT2D eigenvalue weighted by Gasteiger charge is -2.38. The molecule has 2 aliphatic rings. The van der Waals surface area contributed by atoms with Gasteiger partial charge in [-0.05, 0) is 62.1 Å². The first-order valence-corrected chi connectivity index (χ1v) is 9.34. The Morgan fingerprint density at radius 2 is 1.96 bits per heavy atom. The van der Waals surface area contributed by atoms with Crippen molar-refractivity contribution in [1.29, 1.82) is 0 Å². The van der Waals surface area contributed by atoms with Crippen molar-refractivity contribution >= 4 is 29.5 Å². The van der Waals surface area contributed by atoms with E-state index < -0.39 is 5.60 Å². The highest BCUT2D eigenvalue weighted by Gasteiger charge is 2.41. The number of benzene rings is 2. The van der Waals surface area contributed by atoms with E-state index in [1.807, 2.05) is 30.3 Å². The third-order valence-corrected chi connectivity index (χ3v) is 5.23. The summed E-state index contributed by atoms with van der Waals surface area (Å²) in [5.41, 5.74) is 2.46. The Hall–Kier alpha value is -3.15. The van der Waals surface area contributed by atoms with Crippen LogP contribution in [-0.4, -0.2) is 30.2 Å². The summed E-state index contributed by atoms with van der Waals surface area (Å²) in [7, 11) is 0. The monoisotopic (exact) mass is 378 g/mol. The molecule has 2 amide bonds. The summed E-state index contributed by atoms with van der Waals surface area (Å²) in [6.45, 7) is 3.29. The molecule has 144 valence electrons. The Labute approximate surface area is 163 Å². The number of anilines is 2. The number of nitrogens with one attached hydrogen (secondary N) is 1. The van der Waals surface area contributed by atoms with Crippen LogP contribution in [0.25, 0.3) is 0 Å². The molecule has 0 saturated carbocycles. The average molecular weight is 378 g/mol. The second-order valence-corrected chi connectivity index (χ2v) is 7.81. The molecule has 0 saturated heterocycles. The first-order valence-electron chi connectivity index (χ1n) is 9.34. The Bertz CT molecular complexity index is 967. The Kier molecular flexibility index (Phi) is 4.41. The van der Waals surface area contributed by atoms with Gasteiger partial charge in [-0.1, -0.05) is 18.2 Å². The lowest BCUT2D eigenvalue weighted by Crippen LogP contribution is -2.54. The van der Waals surface area contributed by atoms with E-state index in [1.165, 1.54) is 4.90 Å². The highest BCUT2D eigenvalue weighted by molar-refractivity contribution is 6.07. The van der Waals surface area contributed by atoms with E-state index in [1.54, 1.807) is 26.0 Å². The van der Waals surface area contributed by atoms with E-state index in [4.69, 9.17) is 4.74 Å². The predicted octanol–water partition coefficient (Wildman–Crippen LogP) is 2.74. The van der Waals surface area contributed by atoms with Gasteiger partial charge in [-0.2, -0.15) is 0 Å². The Morgan fingerprint density at radius 1 is 1.21 bits per heavy atom. The van der Waals surface area contributed by atoms with Crippen LogP contribution < -0.4 is 15.0 Å². The van der Waals surface area contributed by atoms with Crippen molar-refractivity contribution in [2.24, 2.45) is 5.92 Å². The summed E-state index contributed by atoms with van der Waals surface area (Å²) < 4.78 is 5.78. The fraction of sp³-hybridized carbons (Fsp3) is 0.318. The molecule has 6 nitrogen and oxygen atoms in total. The van der Waals surface area contributed by atoms with Gasteiger partial charge in [0.15, 0.2) is 5.60 Å². The van der Waals surface area contributed by atoms with Crippen LogP contribution in [0.2, 0.25) is 0 Å². The lowest BCUT2D eigenvalue weighted by molar-refractivity contribution is -0.133. The normalized spacial score (nSPS) is 19.4. The van der Waals surface area contributed by atoms with Crippen LogP contribution >= 0.6 is 0 Å². The van der Waals surface area contributed by atoms with Gasteiger partial charge >= 0.3 is 0 Å². The third-order valence-electron chi connectivity index (χ3n) is 5.23. The van der Waals surface area contributed by atoms with Gasteiger partial charge in [0.2, 0.25) is 5.91 Å². The largest absolute Gasteiger partial charge is 0.476 e. The summed E-state index contributed by atoms with van der Waals surface area (Å²) >= 11 is 0. The maximum Gasteiger partial charge on any atom is 0.271 e. The molecule has 1 N–H and O–H groups in total. The number of hydrogen-bond acceptors (Lipinski definition) is 4. The molecule has 6 heteroatoms. The van der Waals surface area contributed by atoms with Gasteiger partial charge in [0, 0.05) is 11.6 Å². The number of rotatable bonds is 4. The Morgan fingerprint density at radius 3 is 2.75 bits per heavy atom. The van der Waals surface area contributed by atoms with E-state index in [-0.39, 0.29) is 24.3 Å². The summed E-state index contributed by atoms with van der Waals surface area (Å²) in [5, 5.41) is 2.87. The minimum absolute atomic E-state index is 0.0191. The first kappa shape index (κ1) is 18.2. The third kappa shape index (κ3) is 3.26. The van der Waals surface area contributed by atoms with E-state index >= 15 is 0 Å². The zero-order valence-corrected chi connectivity index (χ0v) is 15.9. The minimum Gasteiger partial charge on any atom is -0.476 e. The zero-order valence-electron chi connectivity index (χ0n) is 15.9. The maximum absolute atomic E-state index is 12.8. The molecule has 1 heterocycles. The molecule has 2 aromatic carbocycles. The average Bonchev–Trinajstić information content (AvgIpc) is 3.07. The highest BCUT2D eigenvalue weighted by Crippen LogP contribution is 2.37. The van der Waals surface area contributed by atoms with Crippen molar-refractivity contribution < 1.29 is 19.1 Å². The van der Waals surface area contributed by atoms with E-state index in [0.717, 1.165) is 23.8 Å². The number of ether oxygens (including phenoxy) is 1. The van der Waals surface area contributed by atoms with Crippen LogP contribution in [0.1, 0.15) is 25.0 Å². The van der Waals surface area contributed by atoms with Crippen molar-refractivity contribution in [2.75, 3.05) is 16.8 Å². The molecule has 0 radical (unpaired) electrons. The standard InChI is InChI=1S/C22H22N2O4/c1-22(2)21(27)24(18-5-3-4-6-19(18)28-22)12-20(26)23-17-8-7-15-9-14(13-25)10-16(15)11-17/h3-8,11,13-14H,9-10,12H2,1-2H3,(H,23,26). The number of amides is 2. The zero-order chi connectivity index (χ0) is 19.9. The van der Waals surface area contributed by atoms with Crippen molar-refractivity contribution in [1.82, 2.24) is 0 Å². The molecule has 2 aromatic rings. The minimum atomic E-state index is -1.04. The second-order valence-electron chi connectivity index (χ2n) is 7.81. The van der Waals surface area contributed by atoms with E-state index in [2.05, 4.69) is 5.32 Å². The molecule has 1 aliphatic carbocycles. The molecule has 0 fully saturated rings. The van der Waals surface area contributed by atoms with E-state index in [0.29, 0.717) is 23.5 Å². The van der Waals surface area contributed by atoms with Gasteiger partial charge in [0.1, 0.15) is 18.6 Å². The smallest absolute Gasteiger partial charge is 0.271 e. The lowest BCUT2D eigenvalue weighted by atomic mass is 10.0. The summed E-state index contributed by atoms with van der Waals surface area (Å²) in [6.07, 6.45) is 2.44. The van der Waals surface area contributed by atoms with Gasteiger partial charge in [-0.15, -0.1) is 0 Å². The van der Waals surface area contributed by atoms with Gasteiger partial charge < -0.3 is 14.8 Å². The molecule has 0 spiro atoms. The highest BCUT2D eigenvalue weighted by atomic mass is 16.5. The van der Waals surface area contributed by atoms with Gasteiger partial charge in [-0.3, -0.25) is 14.5 Å². The molecule has 1 atom stereocenters. The van der Waals surface area contributed by atoms with Crippen LogP contribution in [0.4, 0.5) is 11.4 Å². The van der Waals surface area contributed by atoms with Crippen LogP contribution in [-0.2, 0) is 27.2 Å². The number of nitrogens with zero attached hydrogens (tertiary/aromatic N) is 1. The molecule has 1 unspecified atom stereocenters. The fourth-order valence-electron chi connectivity index (χ4n) is 3.85. The molecular weight excluding hydrogens is 356 g/mol. The van der Waals surface area contributed by atoms with Crippen LogP contribution in [0, 0.1) is 5.92 Å². The van der Waals surface area contributed by atoms with Gasteiger partial charge in [0.25, 0.3) is 5.91 Å². The molecule has 4 rings (SSSR count).